The van der Waals surface area contributed by atoms with Gasteiger partial charge >= 0.3 is 5.69 Å². The predicted molar refractivity (Wildman–Crippen MR) is 111 cm³/mol. The summed E-state index contributed by atoms with van der Waals surface area (Å²) in [5.74, 6) is 2.95. The summed E-state index contributed by atoms with van der Waals surface area (Å²) in [5.41, 5.74) is 0.623. The Bertz CT molecular complexity index is 1150. The Hall–Kier alpha value is -3.79. The van der Waals surface area contributed by atoms with E-state index in [1.165, 1.54) is 4.57 Å². The van der Waals surface area contributed by atoms with Gasteiger partial charge in [0.15, 0.2) is 0 Å². The smallest absolute Gasteiger partial charge is 0.328 e. The van der Waals surface area contributed by atoms with Crippen LogP contribution >= 0.6 is 0 Å². The molecule has 1 aromatic heterocycles. The number of ether oxygens (including phenoxy) is 1. The van der Waals surface area contributed by atoms with Crippen LogP contribution in [0.1, 0.15) is 12.0 Å². The van der Waals surface area contributed by atoms with E-state index in [4.69, 9.17) is 11.2 Å². The zero-order valence-corrected chi connectivity index (χ0v) is 15.8. The molecule has 0 spiro atoms. The number of rotatable bonds is 8. The molecule has 0 bridgehead atoms. The molecule has 2 aromatic carbocycles. The lowest BCUT2D eigenvalue weighted by Crippen LogP contribution is -2.33. The number of benzene rings is 2. The van der Waals surface area contributed by atoms with Crippen LogP contribution in [0.5, 0.6) is 5.75 Å². The van der Waals surface area contributed by atoms with E-state index in [9.17, 15) is 14.4 Å². The maximum atomic E-state index is 12.2. The van der Waals surface area contributed by atoms with Gasteiger partial charge in [-0.05, 0) is 36.2 Å². The van der Waals surface area contributed by atoms with Gasteiger partial charge in [-0.1, -0.05) is 30.2 Å². The molecule has 0 radical (unpaired) electrons. The Labute approximate surface area is 167 Å². The molecule has 3 rings (SSSR count). The number of aromatic amines is 1. The number of amides is 1. The fourth-order valence-corrected chi connectivity index (χ4v) is 2.99. The molecule has 148 valence electrons. The second-order valence-electron chi connectivity index (χ2n) is 6.41. The Balaban J connectivity index is 1.52. The van der Waals surface area contributed by atoms with Crippen LogP contribution in [-0.4, -0.2) is 28.6 Å². The van der Waals surface area contributed by atoms with Crippen molar-refractivity contribution in [1.82, 2.24) is 14.9 Å². The SMILES string of the molecule is C#CCOc1ccc(CCNC(=O)CCn2c(=O)[nH]c(=O)c3ccccc32)cc1. The average molecular weight is 391 g/mol. The molecule has 3 aromatic rings. The van der Waals surface area contributed by atoms with E-state index in [2.05, 4.69) is 16.2 Å². The zero-order valence-electron chi connectivity index (χ0n) is 15.8. The van der Waals surface area contributed by atoms with Crippen molar-refractivity contribution in [2.75, 3.05) is 13.2 Å². The van der Waals surface area contributed by atoms with Crippen molar-refractivity contribution in [1.29, 1.82) is 0 Å². The molecule has 7 nitrogen and oxygen atoms in total. The molecule has 0 saturated heterocycles. The van der Waals surface area contributed by atoms with Crippen LogP contribution in [0.2, 0.25) is 0 Å². The lowest BCUT2D eigenvalue weighted by Gasteiger charge is -2.10. The zero-order chi connectivity index (χ0) is 20.6. The standard InChI is InChI=1S/C22H21N3O4/c1-2-15-29-17-9-7-16(8-10-17)11-13-23-20(26)12-14-25-19-6-4-3-5-18(19)21(27)24-22(25)28/h1,3-10H,11-15H2,(H,23,26)(H,24,27,28). The first kappa shape index (κ1) is 20.0. The number of nitrogens with one attached hydrogen (secondary N) is 2. The Morgan fingerprint density at radius 3 is 2.66 bits per heavy atom. The highest BCUT2D eigenvalue weighted by Crippen LogP contribution is 2.12. The minimum atomic E-state index is -0.520. The Kier molecular flexibility index (Phi) is 6.48. The highest BCUT2D eigenvalue weighted by molar-refractivity contribution is 5.78. The van der Waals surface area contributed by atoms with Crippen LogP contribution in [0, 0.1) is 12.3 Å². The number of nitrogens with zero attached hydrogens (tertiary/aromatic N) is 1. The monoisotopic (exact) mass is 391 g/mol. The first-order chi connectivity index (χ1) is 14.1. The summed E-state index contributed by atoms with van der Waals surface area (Å²) in [4.78, 5) is 38.4. The van der Waals surface area contributed by atoms with Crippen LogP contribution in [0.4, 0.5) is 0 Å². The van der Waals surface area contributed by atoms with E-state index in [0.29, 0.717) is 29.6 Å². The van der Waals surface area contributed by atoms with Crippen LogP contribution < -0.4 is 21.3 Å². The lowest BCUT2D eigenvalue weighted by molar-refractivity contribution is -0.121. The fourth-order valence-electron chi connectivity index (χ4n) is 2.99. The first-order valence-electron chi connectivity index (χ1n) is 9.22. The molecule has 1 amide bonds. The summed E-state index contributed by atoms with van der Waals surface area (Å²) in [5, 5.41) is 3.26. The van der Waals surface area contributed by atoms with Gasteiger partial charge in [0.1, 0.15) is 12.4 Å². The lowest BCUT2D eigenvalue weighted by atomic mass is 10.1. The maximum Gasteiger partial charge on any atom is 0.328 e. The van der Waals surface area contributed by atoms with Crippen molar-refractivity contribution < 1.29 is 9.53 Å². The molecule has 0 aliphatic carbocycles. The summed E-state index contributed by atoms with van der Waals surface area (Å²) < 4.78 is 6.73. The number of carbonyl (C=O) groups excluding carboxylic acids is 1. The molecule has 0 saturated carbocycles. The minimum absolute atomic E-state index is 0.134. The van der Waals surface area contributed by atoms with Gasteiger partial charge in [-0.2, -0.15) is 0 Å². The summed E-state index contributed by atoms with van der Waals surface area (Å²) in [6, 6.07) is 14.3. The van der Waals surface area contributed by atoms with E-state index >= 15 is 0 Å². The molecular formula is C22H21N3O4. The molecule has 29 heavy (non-hydrogen) atoms. The molecule has 7 heteroatoms. The van der Waals surface area contributed by atoms with Gasteiger partial charge in [0, 0.05) is 19.5 Å². The van der Waals surface area contributed by atoms with Gasteiger partial charge in [0.25, 0.3) is 5.56 Å². The first-order valence-corrected chi connectivity index (χ1v) is 9.22. The van der Waals surface area contributed by atoms with Crippen molar-refractivity contribution in [2.24, 2.45) is 0 Å². The molecule has 0 aliphatic heterocycles. The van der Waals surface area contributed by atoms with E-state index in [1.54, 1.807) is 24.3 Å². The van der Waals surface area contributed by atoms with Gasteiger partial charge in [0.05, 0.1) is 10.9 Å². The number of fused-ring (bicyclic) bond motifs is 1. The second kappa shape index (κ2) is 9.42. The number of hydrogen-bond donors (Lipinski definition) is 2. The third-order valence-corrected chi connectivity index (χ3v) is 4.45. The van der Waals surface area contributed by atoms with Crippen LogP contribution in [0.3, 0.4) is 0 Å². The van der Waals surface area contributed by atoms with Crippen LogP contribution in [-0.2, 0) is 17.8 Å². The average Bonchev–Trinajstić information content (AvgIpc) is 2.73. The van der Waals surface area contributed by atoms with Crippen molar-refractivity contribution >= 4 is 16.8 Å². The van der Waals surface area contributed by atoms with E-state index < -0.39 is 11.2 Å². The third kappa shape index (κ3) is 5.14. The summed E-state index contributed by atoms with van der Waals surface area (Å²) in [6.07, 6.45) is 5.96. The van der Waals surface area contributed by atoms with Gasteiger partial charge in [-0.3, -0.25) is 19.1 Å². The summed E-state index contributed by atoms with van der Waals surface area (Å²) in [7, 11) is 0. The van der Waals surface area contributed by atoms with Crippen molar-refractivity contribution in [3.05, 3.63) is 74.9 Å². The third-order valence-electron chi connectivity index (χ3n) is 4.45. The van der Waals surface area contributed by atoms with E-state index in [1.807, 2.05) is 24.3 Å². The molecule has 2 N–H and O–H groups in total. The molecule has 0 atom stereocenters. The predicted octanol–water partition coefficient (Wildman–Crippen LogP) is 1.45. The normalized spacial score (nSPS) is 10.4. The maximum absolute atomic E-state index is 12.2. The molecule has 0 aliphatic rings. The molecular weight excluding hydrogens is 370 g/mol. The largest absolute Gasteiger partial charge is 0.481 e. The van der Waals surface area contributed by atoms with Gasteiger partial charge in [0.2, 0.25) is 5.91 Å². The van der Waals surface area contributed by atoms with Gasteiger partial charge < -0.3 is 10.1 Å². The van der Waals surface area contributed by atoms with Crippen LogP contribution in [0.15, 0.2) is 58.1 Å². The summed E-state index contributed by atoms with van der Waals surface area (Å²) >= 11 is 0. The number of terminal acetylenes is 1. The highest BCUT2D eigenvalue weighted by atomic mass is 16.5. The fraction of sp³-hybridized carbons (Fsp3) is 0.227. The quantitative estimate of drug-likeness (QED) is 0.569. The molecule has 1 heterocycles. The number of H-pyrrole nitrogens is 1. The number of aryl methyl sites for hydroxylation is 1. The van der Waals surface area contributed by atoms with Gasteiger partial charge in [-0.15, -0.1) is 6.42 Å². The molecule has 0 unspecified atom stereocenters. The highest BCUT2D eigenvalue weighted by Gasteiger charge is 2.09. The summed E-state index contributed by atoms with van der Waals surface area (Å²) in [6.45, 7) is 0.886. The van der Waals surface area contributed by atoms with Gasteiger partial charge in [-0.25, -0.2) is 4.79 Å². The van der Waals surface area contributed by atoms with E-state index in [-0.39, 0.29) is 25.5 Å². The minimum Gasteiger partial charge on any atom is -0.481 e. The van der Waals surface area contributed by atoms with Crippen molar-refractivity contribution in [3.8, 4) is 18.1 Å². The number of para-hydroxylation sites is 1. The number of carbonyl (C=O) groups is 1. The second-order valence-corrected chi connectivity index (χ2v) is 6.41. The van der Waals surface area contributed by atoms with E-state index in [0.717, 1.165) is 5.56 Å². The van der Waals surface area contributed by atoms with Crippen LogP contribution in [0.25, 0.3) is 10.9 Å². The molecule has 0 fully saturated rings. The Morgan fingerprint density at radius 1 is 1.14 bits per heavy atom. The number of hydrogen-bond acceptors (Lipinski definition) is 4. The van der Waals surface area contributed by atoms with Crippen molar-refractivity contribution in [2.45, 2.75) is 19.4 Å². The number of aromatic nitrogens is 2. The van der Waals surface area contributed by atoms with Crippen molar-refractivity contribution in [3.63, 3.8) is 0 Å². The Morgan fingerprint density at radius 2 is 1.90 bits per heavy atom. The topological polar surface area (TPSA) is 93.2 Å².